The van der Waals surface area contributed by atoms with Gasteiger partial charge < -0.3 is 9.64 Å². The van der Waals surface area contributed by atoms with Crippen LogP contribution in [0.2, 0.25) is 0 Å². The third kappa shape index (κ3) is 1.09. The Hall–Kier alpha value is -1.09. The summed E-state index contributed by atoms with van der Waals surface area (Å²) in [5.41, 5.74) is 1.54. The zero-order chi connectivity index (χ0) is 10.6. The Balaban J connectivity index is 1.78. The topological polar surface area (TPSA) is 25.4 Å². The van der Waals surface area contributed by atoms with E-state index in [0.29, 0.717) is 11.5 Å². The van der Waals surface area contributed by atoms with Gasteiger partial charge in [0.25, 0.3) is 0 Å². The van der Waals surface area contributed by atoms with Crippen molar-refractivity contribution in [3.63, 3.8) is 0 Å². The molecule has 1 aromatic rings. The highest BCUT2D eigenvalue weighted by molar-refractivity contribution is 5.32. The van der Waals surface area contributed by atoms with E-state index in [1.54, 1.807) is 0 Å². The maximum absolute atomic E-state index is 6.17. The van der Waals surface area contributed by atoms with Gasteiger partial charge in [-0.15, -0.1) is 0 Å². The normalized spacial score (nSPS) is 39.8. The van der Waals surface area contributed by atoms with E-state index in [0.717, 1.165) is 12.2 Å². The molecule has 3 nitrogen and oxygen atoms in total. The molecular formula is C13H16N2O. The Bertz CT molecular complexity index is 432. The van der Waals surface area contributed by atoms with Crippen molar-refractivity contribution < 1.29 is 4.74 Å². The first kappa shape index (κ1) is 8.99. The van der Waals surface area contributed by atoms with Crippen LogP contribution in [0, 0.1) is 5.41 Å². The molecule has 1 spiro atoms. The van der Waals surface area contributed by atoms with Crippen molar-refractivity contribution in [1.29, 1.82) is 0 Å². The molecule has 2 saturated heterocycles. The van der Waals surface area contributed by atoms with Crippen LogP contribution in [-0.4, -0.2) is 35.6 Å². The molecule has 3 heteroatoms. The molecule has 3 aliphatic rings. The summed E-state index contributed by atoms with van der Waals surface area (Å²) in [6.45, 7) is 3.68. The summed E-state index contributed by atoms with van der Waals surface area (Å²) in [7, 11) is 0. The number of nitrogens with zero attached hydrogens (tertiary/aromatic N) is 2. The molecule has 4 heterocycles. The molecule has 0 amide bonds. The first-order valence-corrected chi connectivity index (χ1v) is 6.19. The number of aromatic nitrogens is 1. The minimum atomic E-state index is 0.375. The SMILES string of the molecule is c1cnc2c(c1)OC1CCN3CCC1(C2)C3. The summed E-state index contributed by atoms with van der Waals surface area (Å²) >= 11 is 0. The van der Waals surface area contributed by atoms with Crippen molar-refractivity contribution in [3.05, 3.63) is 24.0 Å². The van der Waals surface area contributed by atoms with Gasteiger partial charge in [0.1, 0.15) is 11.9 Å². The second kappa shape index (κ2) is 2.98. The predicted octanol–water partition coefficient (Wildman–Crippen LogP) is 1.48. The second-order valence-electron chi connectivity index (χ2n) is 5.41. The third-order valence-corrected chi connectivity index (χ3v) is 4.49. The maximum atomic E-state index is 6.17. The Labute approximate surface area is 95.4 Å². The van der Waals surface area contributed by atoms with Crippen LogP contribution in [0.15, 0.2) is 18.3 Å². The Morgan fingerprint density at radius 2 is 2.44 bits per heavy atom. The largest absolute Gasteiger partial charge is 0.488 e. The van der Waals surface area contributed by atoms with Crippen LogP contribution < -0.4 is 4.74 Å². The highest BCUT2D eigenvalue weighted by Crippen LogP contribution is 2.47. The molecule has 3 aliphatic heterocycles. The smallest absolute Gasteiger partial charge is 0.141 e. The summed E-state index contributed by atoms with van der Waals surface area (Å²) < 4.78 is 6.17. The van der Waals surface area contributed by atoms with Gasteiger partial charge in [0.15, 0.2) is 0 Å². The molecule has 0 N–H and O–H groups in total. The standard InChI is InChI=1S/C13H16N2O/c1-2-11-10(14-5-1)8-13-4-7-15(9-13)6-3-12(13)16-11/h1-2,5,12H,3-4,6-9H2. The molecule has 0 aromatic carbocycles. The first-order chi connectivity index (χ1) is 7.86. The molecule has 2 bridgehead atoms. The predicted molar refractivity (Wildman–Crippen MR) is 60.5 cm³/mol. The lowest BCUT2D eigenvalue weighted by atomic mass is 9.73. The molecule has 0 radical (unpaired) electrons. The second-order valence-corrected chi connectivity index (χ2v) is 5.41. The summed E-state index contributed by atoms with van der Waals surface area (Å²) in [6.07, 6.45) is 5.91. The molecule has 84 valence electrons. The fourth-order valence-electron chi connectivity index (χ4n) is 3.64. The summed E-state index contributed by atoms with van der Waals surface area (Å²) in [5, 5.41) is 0. The van der Waals surface area contributed by atoms with Crippen LogP contribution in [0.1, 0.15) is 18.5 Å². The summed E-state index contributed by atoms with van der Waals surface area (Å²) in [4.78, 5) is 7.06. The lowest BCUT2D eigenvalue weighted by Gasteiger charge is -2.44. The molecule has 4 rings (SSSR count). The quantitative estimate of drug-likeness (QED) is 0.657. The van der Waals surface area contributed by atoms with Crippen molar-refractivity contribution in [2.75, 3.05) is 19.6 Å². The van der Waals surface area contributed by atoms with Gasteiger partial charge in [-0.1, -0.05) is 0 Å². The van der Waals surface area contributed by atoms with Gasteiger partial charge in [0.2, 0.25) is 0 Å². The van der Waals surface area contributed by atoms with Crippen LogP contribution in [0.3, 0.4) is 0 Å². The van der Waals surface area contributed by atoms with Gasteiger partial charge in [-0.2, -0.15) is 0 Å². The van der Waals surface area contributed by atoms with Crippen LogP contribution in [0.25, 0.3) is 0 Å². The van der Waals surface area contributed by atoms with Crippen LogP contribution in [0.5, 0.6) is 5.75 Å². The number of rotatable bonds is 0. The van der Waals surface area contributed by atoms with Crippen LogP contribution >= 0.6 is 0 Å². The van der Waals surface area contributed by atoms with E-state index in [1.165, 1.54) is 38.2 Å². The van der Waals surface area contributed by atoms with Crippen LogP contribution in [0.4, 0.5) is 0 Å². The van der Waals surface area contributed by atoms with Gasteiger partial charge in [-0.3, -0.25) is 4.98 Å². The van der Waals surface area contributed by atoms with Crippen LogP contribution in [-0.2, 0) is 6.42 Å². The Morgan fingerprint density at radius 1 is 1.44 bits per heavy atom. The number of hydrogen-bond acceptors (Lipinski definition) is 3. The van der Waals surface area contributed by atoms with Gasteiger partial charge in [0, 0.05) is 31.1 Å². The highest BCUT2D eigenvalue weighted by Gasteiger charge is 2.51. The zero-order valence-electron chi connectivity index (χ0n) is 9.35. The van der Waals surface area contributed by atoms with Gasteiger partial charge in [-0.05, 0) is 31.5 Å². The monoisotopic (exact) mass is 216 g/mol. The van der Waals surface area contributed by atoms with E-state index in [9.17, 15) is 0 Å². The summed E-state index contributed by atoms with van der Waals surface area (Å²) in [5.74, 6) is 1.03. The molecule has 3 unspecified atom stereocenters. The fraction of sp³-hybridized carbons (Fsp3) is 0.615. The highest BCUT2D eigenvalue weighted by atomic mass is 16.5. The van der Waals surface area contributed by atoms with E-state index in [4.69, 9.17) is 4.74 Å². The average Bonchev–Trinajstić information content (AvgIpc) is 2.64. The molecule has 3 atom stereocenters. The van der Waals surface area contributed by atoms with Crippen molar-refractivity contribution in [2.24, 2.45) is 5.41 Å². The molecule has 0 saturated carbocycles. The van der Waals surface area contributed by atoms with Crippen molar-refractivity contribution in [2.45, 2.75) is 25.4 Å². The Kier molecular flexibility index (Phi) is 1.67. The lowest BCUT2D eigenvalue weighted by Crippen LogP contribution is -2.50. The van der Waals surface area contributed by atoms with Crippen molar-refractivity contribution in [3.8, 4) is 5.75 Å². The molecule has 0 aliphatic carbocycles. The fourth-order valence-corrected chi connectivity index (χ4v) is 3.64. The molecule has 16 heavy (non-hydrogen) atoms. The minimum absolute atomic E-state index is 0.375. The molecule has 1 aromatic heterocycles. The van der Waals surface area contributed by atoms with E-state index in [1.807, 2.05) is 12.3 Å². The molecule has 2 fully saturated rings. The number of hydrogen-bond donors (Lipinski definition) is 0. The third-order valence-electron chi connectivity index (χ3n) is 4.49. The van der Waals surface area contributed by atoms with Crippen molar-refractivity contribution >= 4 is 0 Å². The van der Waals surface area contributed by atoms with Gasteiger partial charge in [0.05, 0.1) is 5.69 Å². The van der Waals surface area contributed by atoms with Gasteiger partial charge in [-0.25, -0.2) is 0 Å². The minimum Gasteiger partial charge on any atom is -0.488 e. The first-order valence-electron chi connectivity index (χ1n) is 6.19. The molecular weight excluding hydrogens is 200 g/mol. The van der Waals surface area contributed by atoms with E-state index in [-0.39, 0.29) is 0 Å². The zero-order valence-corrected chi connectivity index (χ0v) is 9.35. The summed E-state index contributed by atoms with van der Waals surface area (Å²) in [6, 6.07) is 4.04. The number of ether oxygens (including phenoxy) is 1. The average molecular weight is 216 g/mol. The van der Waals surface area contributed by atoms with E-state index < -0.39 is 0 Å². The number of fused-ring (bicyclic) bond motifs is 2. The van der Waals surface area contributed by atoms with E-state index >= 15 is 0 Å². The van der Waals surface area contributed by atoms with Gasteiger partial charge >= 0.3 is 0 Å². The number of piperidine rings is 1. The van der Waals surface area contributed by atoms with E-state index in [2.05, 4.69) is 16.0 Å². The lowest BCUT2D eigenvalue weighted by molar-refractivity contribution is -0.00192. The maximum Gasteiger partial charge on any atom is 0.141 e. The number of pyridine rings is 1. The van der Waals surface area contributed by atoms with Crippen molar-refractivity contribution in [1.82, 2.24) is 9.88 Å². The Morgan fingerprint density at radius 3 is 3.44 bits per heavy atom.